The summed E-state index contributed by atoms with van der Waals surface area (Å²) < 4.78 is 4.98. The van der Waals surface area contributed by atoms with Gasteiger partial charge in [0.25, 0.3) is 0 Å². The maximum Gasteiger partial charge on any atom is 0.215 e. The molecule has 5 rings (SSSR count). The third-order valence-corrected chi connectivity index (χ3v) is 5.64. The van der Waals surface area contributed by atoms with Gasteiger partial charge in [0.2, 0.25) is 5.69 Å². The van der Waals surface area contributed by atoms with Crippen molar-refractivity contribution in [1.29, 1.82) is 0 Å². The summed E-state index contributed by atoms with van der Waals surface area (Å²) in [5.41, 5.74) is 8.38. The zero-order valence-corrected chi connectivity index (χ0v) is 15.8. The van der Waals surface area contributed by atoms with E-state index in [2.05, 4.69) is 84.6 Å². The van der Waals surface area contributed by atoms with E-state index in [4.69, 9.17) is 0 Å². The van der Waals surface area contributed by atoms with Crippen LogP contribution in [0.5, 0.6) is 0 Å². The number of benzene rings is 2. The second kappa shape index (κ2) is 5.70. The Bertz CT molecular complexity index is 1150. The molecular formula is C24H25N2+. The second-order valence-corrected chi connectivity index (χ2v) is 8.05. The topological polar surface area (TPSA) is 8.81 Å². The minimum absolute atomic E-state index is 0.609. The van der Waals surface area contributed by atoms with Crippen LogP contribution in [0.15, 0.2) is 54.7 Å². The fourth-order valence-electron chi connectivity index (χ4n) is 4.52. The molecule has 2 aromatic heterocycles. The lowest BCUT2D eigenvalue weighted by Gasteiger charge is -2.19. The van der Waals surface area contributed by atoms with E-state index in [0.717, 1.165) is 19.5 Å². The molecule has 2 nitrogen and oxygen atoms in total. The first-order chi connectivity index (χ1) is 12.6. The Labute approximate surface area is 154 Å². The first-order valence-corrected chi connectivity index (χ1v) is 9.67. The van der Waals surface area contributed by atoms with Crippen molar-refractivity contribution in [2.75, 3.05) is 0 Å². The molecule has 0 saturated heterocycles. The van der Waals surface area contributed by atoms with Crippen molar-refractivity contribution >= 4 is 21.8 Å². The molecule has 0 radical (unpaired) electrons. The molecule has 26 heavy (non-hydrogen) atoms. The van der Waals surface area contributed by atoms with Crippen molar-refractivity contribution < 1.29 is 4.57 Å². The highest BCUT2D eigenvalue weighted by Crippen LogP contribution is 2.39. The summed E-state index contributed by atoms with van der Waals surface area (Å²) in [6.45, 7) is 8.93. The van der Waals surface area contributed by atoms with Crippen molar-refractivity contribution in [3.05, 3.63) is 65.9 Å². The summed E-state index contributed by atoms with van der Waals surface area (Å²) in [7, 11) is 0. The van der Waals surface area contributed by atoms with Crippen LogP contribution in [0.2, 0.25) is 0 Å². The van der Waals surface area contributed by atoms with Crippen LogP contribution in [-0.4, -0.2) is 4.57 Å². The molecule has 4 aromatic rings. The average Bonchev–Trinajstić information content (AvgIpc) is 2.95. The number of pyridine rings is 1. The summed E-state index contributed by atoms with van der Waals surface area (Å²) in [6.07, 6.45) is 3.36. The first kappa shape index (κ1) is 15.6. The normalized spacial score (nSPS) is 13.4. The molecular weight excluding hydrogens is 316 g/mol. The number of aryl methyl sites for hydroxylation is 3. The Balaban J connectivity index is 1.96. The average molecular weight is 341 g/mol. The Morgan fingerprint density at radius 1 is 1.04 bits per heavy atom. The standard InChI is InChI=1S/C24H25N2/c1-16(2)15-26-21-7-5-4-6-19(21)20-9-8-18-11-13-25-12-10-17(3)14-22(25)23(18)24(20)26/h4-10,12,14,16H,11,13,15H2,1-3H3/q+1. The van der Waals surface area contributed by atoms with Gasteiger partial charge in [-0.1, -0.05) is 44.2 Å². The van der Waals surface area contributed by atoms with Gasteiger partial charge in [-0.2, -0.15) is 4.57 Å². The molecule has 0 spiro atoms. The van der Waals surface area contributed by atoms with Crippen LogP contribution in [0.25, 0.3) is 33.1 Å². The molecule has 0 atom stereocenters. The lowest BCUT2D eigenvalue weighted by molar-refractivity contribution is -0.687. The Morgan fingerprint density at radius 3 is 2.73 bits per heavy atom. The smallest absolute Gasteiger partial charge is 0.215 e. The number of rotatable bonds is 2. The number of fused-ring (bicyclic) bond motifs is 7. The fraction of sp³-hybridized carbons (Fsp3) is 0.292. The van der Waals surface area contributed by atoms with E-state index < -0.39 is 0 Å². The van der Waals surface area contributed by atoms with Crippen LogP contribution in [-0.2, 0) is 19.5 Å². The van der Waals surface area contributed by atoms with Crippen molar-refractivity contribution in [1.82, 2.24) is 4.57 Å². The van der Waals surface area contributed by atoms with Gasteiger partial charge in [-0.05, 0) is 30.0 Å². The number of aromatic nitrogens is 2. The van der Waals surface area contributed by atoms with E-state index in [1.165, 1.54) is 44.2 Å². The summed E-state index contributed by atoms with van der Waals surface area (Å²) in [5.74, 6) is 0.609. The Kier molecular flexibility index (Phi) is 3.43. The van der Waals surface area contributed by atoms with Crippen LogP contribution >= 0.6 is 0 Å². The van der Waals surface area contributed by atoms with Crippen LogP contribution < -0.4 is 4.57 Å². The lowest BCUT2D eigenvalue weighted by Crippen LogP contribution is -2.40. The van der Waals surface area contributed by atoms with Crippen molar-refractivity contribution in [3.63, 3.8) is 0 Å². The minimum Gasteiger partial charge on any atom is -0.340 e. The van der Waals surface area contributed by atoms with Gasteiger partial charge in [0, 0.05) is 41.4 Å². The molecule has 1 aliphatic heterocycles. The van der Waals surface area contributed by atoms with Gasteiger partial charge in [0.05, 0.1) is 11.1 Å². The quantitative estimate of drug-likeness (QED) is 0.439. The van der Waals surface area contributed by atoms with Crippen molar-refractivity contribution in [2.24, 2.45) is 5.92 Å². The van der Waals surface area contributed by atoms with Gasteiger partial charge in [0.1, 0.15) is 0 Å². The Hall–Kier alpha value is -2.61. The molecule has 3 heterocycles. The molecule has 0 unspecified atom stereocenters. The van der Waals surface area contributed by atoms with Crippen molar-refractivity contribution in [2.45, 2.75) is 40.3 Å². The van der Waals surface area contributed by atoms with Gasteiger partial charge in [-0.3, -0.25) is 0 Å². The van der Waals surface area contributed by atoms with Gasteiger partial charge in [-0.25, -0.2) is 0 Å². The number of hydrogen-bond donors (Lipinski definition) is 0. The molecule has 0 aliphatic carbocycles. The molecule has 0 saturated carbocycles. The highest BCUT2D eigenvalue weighted by molar-refractivity contribution is 6.12. The third kappa shape index (κ3) is 2.21. The van der Waals surface area contributed by atoms with Crippen LogP contribution in [0.3, 0.4) is 0 Å². The largest absolute Gasteiger partial charge is 0.340 e. The highest BCUT2D eigenvalue weighted by atomic mass is 15.0. The maximum atomic E-state index is 2.56. The van der Waals surface area contributed by atoms with E-state index in [-0.39, 0.29) is 0 Å². The number of nitrogens with zero attached hydrogens (tertiary/aromatic N) is 2. The first-order valence-electron chi connectivity index (χ1n) is 9.67. The zero-order valence-electron chi connectivity index (χ0n) is 15.8. The van der Waals surface area contributed by atoms with E-state index in [1.54, 1.807) is 0 Å². The van der Waals surface area contributed by atoms with E-state index in [9.17, 15) is 0 Å². The fourth-order valence-corrected chi connectivity index (χ4v) is 4.52. The van der Waals surface area contributed by atoms with Crippen LogP contribution in [0.4, 0.5) is 0 Å². The lowest BCUT2D eigenvalue weighted by atomic mass is 9.93. The number of hydrogen-bond acceptors (Lipinski definition) is 0. The Morgan fingerprint density at radius 2 is 1.88 bits per heavy atom. The molecule has 2 heteroatoms. The zero-order chi connectivity index (χ0) is 17.8. The summed E-state index contributed by atoms with van der Waals surface area (Å²) in [5, 5.41) is 2.76. The third-order valence-electron chi connectivity index (χ3n) is 5.64. The van der Waals surface area contributed by atoms with Gasteiger partial charge in [0.15, 0.2) is 12.7 Å². The monoisotopic (exact) mass is 341 g/mol. The SMILES string of the molecule is Cc1cc[n+]2c(c1)-c1c(ccc3c4ccccc4n(CC(C)C)c13)CC2. The molecule has 0 fully saturated rings. The molecule has 1 aliphatic rings. The minimum atomic E-state index is 0.609. The van der Waals surface area contributed by atoms with E-state index >= 15 is 0 Å². The molecule has 130 valence electrons. The molecule has 0 bridgehead atoms. The summed E-state index contributed by atoms with van der Waals surface area (Å²) in [4.78, 5) is 0. The van der Waals surface area contributed by atoms with Crippen molar-refractivity contribution in [3.8, 4) is 11.3 Å². The molecule has 0 amide bonds. The predicted octanol–water partition coefficient (Wildman–Crippen LogP) is 5.27. The van der Waals surface area contributed by atoms with Gasteiger partial charge < -0.3 is 4.57 Å². The van der Waals surface area contributed by atoms with Crippen LogP contribution in [0, 0.1) is 12.8 Å². The summed E-state index contributed by atoms with van der Waals surface area (Å²) in [6, 6.07) is 18.2. The maximum absolute atomic E-state index is 2.56. The summed E-state index contributed by atoms with van der Waals surface area (Å²) >= 11 is 0. The van der Waals surface area contributed by atoms with E-state index in [1.807, 2.05) is 0 Å². The predicted molar refractivity (Wildman–Crippen MR) is 108 cm³/mol. The highest BCUT2D eigenvalue weighted by Gasteiger charge is 2.27. The second-order valence-electron chi connectivity index (χ2n) is 8.05. The van der Waals surface area contributed by atoms with Crippen LogP contribution in [0.1, 0.15) is 25.0 Å². The van der Waals surface area contributed by atoms with Gasteiger partial charge in [-0.15, -0.1) is 0 Å². The van der Waals surface area contributed by atoms with E-state index in [0.29, 0.717) is 5.92 Å². The molecule has 0 N–H and O–H groups in total. The number of para-hydroxylation sites is 1. The van der Waals surface area contributed by atoms with Gasteiger partial charge >= 0.3 is 0 Å². The molecule has 2 aromatic carbocycles.